The van der Waals surface area contributed by atoms with Crippen molar-refractivity contribution in [3.63, 3.8) is 0 Å². The molecule has 1 saturated heterocycles. The van der Waals surface area contributed by atoms with Crippen LogP contribution in [0.3, 0.4) is 0 Å². The number of benzene rings is 1. The van der Waals surface area contributed by atoms with Gasteiger partial charge in [-0.1, -0.05) is 83.1 Å². The van der Waals surface area contributed by atoms with Crippen molar-refractivity contribution in [3.8, 4) is 5.75 Å². The molecule has 0 aliphatic carbocycles. The summed E-state index contributed by atoms with van der Waals surface area (Å²) in [7, 11) is 1.38. The minimum Gasteiger partial charge on any atom is -0.547 e. The van der Waals surface area contributed by atoms with Crippen molar-refractivity contribution in [3.05, 3.63) is 42.0 Å². The van der Waals surface area contributed by atoms with E-state index in [1.165, 1.54) is 32.4 Å². The number of halogens is 2. The van der Waals surface area contributed by atoms with Crippen molar-refractivity contribution in [1.82, 2.24) is 10.6 Å². The van der Waals surface area contributed by atoms with E-state index in [-0.39, 0.29) is 6.42 Å². The largest absolute Gasteiger partial charge is 0.547 e. The quantitative estimate of drug-likeness (QED) is 0.0815. The fourth-order valence-electron chi connectivity index (χ4n) is 6.12. The van der Waals surface area contributed by atoms with Crippen molar-refractivity contribution in [2.75, 3.05) is 26.9 Å². The molecule has 50 heavy (non-hydrogen) atoms. The third kappa shape index (κ3) is 15.0. The topological polar surface area (TPSA) is 146 Å². The van der Waals surface area contributed by atoms with Crippen molar-refractivity contribution in [2.24, 2.45) is 5.92 Å². The van der Waals surface area contributed by atoms with Crippen LogP contribution < -0.4 is 20.5 Å². The molecule has 0 radical (unpaired) electrons. The number of carbonyl (C=O) groups excluding carboxylic acids is 3. The Bertz CT molecular complexity index is 1160. The van der Waals surface area contributed by atoms with E-state index in [0.717, 1.165) is 63.9 Å². The Balaban J connectivity index is 2.03. The molecular weight excluding hydrogens is 650 g/mol. The van der Waals surface area contributed by atoms with Gasteiger partial charge in [0.05, 0.1) is 31.7 Å². The van der Waals surface area contributed by atoms with Gasteiger partial charge in [-0.2, -0.15) is 0 Å². The lowest BCUT2D eigenvalue weighted by Crippen LogP contribution is -2.59. The number of carbonyl (C=O) groups is 3. The van der Waals surface area contributed by atoms with Crippen LogP contribution in [0.4, 0.5) is 8.78 Å². The number of alkyl halides is 2. The Morgan fingerprint density at radius 2 is 1.54 bits per heavy atom. The van der Waals surface area contributed by atoms with Crippen LogP contribution in [0.25, 0.3) is 0 Å². The van der Waals surface area contributed by atoms with Crippen molar-refractivity contribution >= 4 is 17.8 Å². The molecule has 0 aromatic heterocycles. The van der Waals surface area contributed by atoms with Crippen LogP contribution in [0.5, 0.6) is 5.75 Å². The highest BCUT2D eigenvalue weighted by Gasteiger charge is 2.44. The fourth-order valence-corrected chi connectivity index (χ4v) is 6.12. The van der Waals surface area contributed by atoms with E-state index in [1.807, 2.05) is 0 Å². The molecule has 1 aromatic carbocycles. The Labute approximate surface area is 296 Å². The third-order valence-corrected chi connectivity index (χ3v) is 9.11. The predicted octanol–water partition coefficient (Wildman–Crippen LogP) is 5.39. The highest BCUT2D eigenvalue weighted by molar-refractivity contribution is 5.93. The van der Waals surface area contributed by atoms with Gasteiger partial charge in [0.1, 0.15) is 17.4 Å². The normalized spacial score (nSPS) is 16.6. The average molecular weight is 710 g/mol. The summed E-state index contributed by atoms with van der Waals surface area (Å²) < 4.78 is 44.6. The molecule has 3 N–H and O–H groups in total. The number of ether oxygens (including phenoxy) is 3. The summed E-state index contributed by atoms with van der Waals surface area (Å²) in [5.41, 5.74) is -2.54. The number of aliphatic hydroxyl groups is 1. The van der Waals surface area contributed by atoms with Gasteiger partial charge in [-0.15, -0.1) is 0 Å². The van der Waals surface area contributed by atoms with Gasteiger partial charge in [0.2, 0.25) is 18.2 Å². The molecule has 0 spiro atoms. The number of aliphatic carboxylic acids is 1. The van der Waals surface area contributed by atoms with Crippen LogP contribution in [-0.2, 0) is 30.3 Å². The third-order valence-electron chi connectivity index (χ3n) is 9.11. The van der Waals surface area contributed by atoms with Crippen LogP contribution in [0.15, 0.2) is 36.4 Å². The van der Waals surface area contributed by atoms with Gasteiger partial charge >= 0.3 is 0 Å². The first-order valence-corrected chi connectivity index (χ1v) is 18.4. The monoisotopic (exact) mass is 709 g/mol. The number of allylic oxidation sites excluding steroid dienone is 1. The first kappa shape index (κ1) is 43.1. The van der Waals surface area contributed by atoms with Crippen LogP contribution in [0, 0.1) is 5.92 Å². The van der Waals surface area contributed by atoms with Crippen LogP contribution >= 0.6 is 0 Å². The zero-order valence-electron chi connectivity index (χ0n) is 30.2. The molecule has 1 aromatic rings. The number of rotatable bonds is 27. The second-order valence-corrected chi connectivity index (χ2v) is 13.2. The predicted molar refractivity (Wildman–Crippen MR) is 185 cm³/mol. The van der Waals surface area contributed by atoms with Gasteiger partial charge in [0.15, 0.2) is 5.79 Å². The van der Waals surface area contributed by atoms with Gasteiger partial charge < -0.3 is 39.9 Å². The van der Waals surface area contributed by atoms with Crippen LogP contribution in [-0.4, -0.2) is 73.6 Å². The lowest BCUT2D eigenvalue weighted by atomic mass is 9.82. The van der Waals surface area contributed by atoms with E-state index in [1.54, 1.807) is 24.3 Å². The Morgan fingerprint density at radius 1 is 0.940 bits per heavy atom. The van der Waals surface area contributed by atoms with E-state index < -0.39 is 54.0 Å². The summed E-state index contributed by atoms with van der Waals surface area (Å²) in [6, 6.07) is 5.76. The van der Waals surface area contributed by atoms with E-state index in [4.69, 9.17) is 14.2 Å². The standard InChI is InChI=1S/C38H60F2N2O8/c1-4-6-8-12-15-22-37(49-25-26-50-37)23-16-13-10-9-11-14-17-31(38(47,36(45)46)28-33(39)40)34(43)42-32(35(44)41-3)27-29-18-20-30(21-19-29)48-24-7-5-2/h14,17-21,31-33,47H,4-13,15-16,22-28H2,1-3H3,(H,41,44)(H,42,43)(H,45,46)/p-1/b17-14+/t31-,32+,38+/m1/s1. The van der Waals surface area contributed by atoms with E-state index in [2.05, 4.69) is 24.5 Å². The summed E-state index contributed by atoms with van der Waals surface area (Å²) in [5.74, 6) is -5.66. The van der Waals surface area contributed by atoms with Crippen molar-refractivity contribution in [2.45, 2.75) is 140 Å². The number of carboxylic acids is 1. The van der Waals surface area contributed by atoms with Crippen molar-refractivity contribution < 1.29 is 47.6 Å². The van der Waals surface area contributed by atoms with E-state index >= 15 is 0 Å². The zero-order valence-corrected chi connectivity index (χ0v) is 30.2. The van der Waals surface area contributed by atoms with Gasteiger partial charge in [-0.05, 0) is 49.8 Å². The first-order chi connectivity index (χ1) is 24.0. The molecule has 0 saturated carbocycles. The molecule has 1 fully saturated rings. The summed E-state index contributed by atoms with van der Waals surface area (Å²) in [6.07, 6.45) is 11.1. The first-order valence-electron chi connectivity index (χ1n) is 18.4. The van der Waals surface area contributed by atoms with Gasteiger partial charge in [-0.3, -0.25) is 9.59 Å². The minimum absolute atomic E-state index is 0.0197. The number of nitrogens with one attached hydrogen (secondary N) is 2. The molecule has 2 amide bonds. The van der Waals surface area contributed by atoms with E-state index in [0.29, 0.717) is 44.0 Å². The van der Waals surface area contributed by atoms with Crippen LogP contribution in [0.2, 0.25) is 0 Å². The molecule has 1 aliphatic heterocycles. The van der Waals surface area contributed by atoms with Crippen LogP contribution in [0.1, 0.15) is 116 Å². The number of hydrogen-bond donors (Lipinski definition) is 3. The summed E-state index contributed by atoms with van der Waals surface area (Å²) in [6.45, 7) is 6.01. The molecule has 284 valence electrons. The van der Waals surface area contributed by atoms with Gasteiger partial charge in [0.25, 0.3) is 0 Å². The van der Waals surface area contributed by atoms with Gasteiger partial charge in [0, 0.05) is 32.7 Å². The molecule has 1 heterocycles. The number of amides is 2. The number of carboxylic acid groups (broad SMARTS) is 1. The lowest BCUT2D eigenvalue weighted by Gasteiger charge is -2.35. The molecule has 2 rings (SSSR count). The molecule has 10 nitrogen and oxygen atoms in total. The number of likely N-dealkylation sites (N-methyl/N-ethyl adjacent to an activating group) is 1. The maximum absolute atomic E-state index is 13.5. The number of unbranched alkanes of at least 4 members (excludes halogenated alkanes) is 9. The lowest BCUT2D eigenvalue weighted by molar-refractivity contribution is -0.328. The molecule has 1 aliphatic rings. The molecule has 3 atom stereocenters. The summed E-state index contributed by atoms with van der Waals surface area (Å²) >= 11 is 0. The minimum atomic E-state index is -3.23. The molecule has 0 bridgehead atoms. The maximum Gasteiger partial charge on any atom is 0.242 e. The van der Waals surface area contributed by atoms with Gasteiger partial charge in [-0.25, -0.2) is 8.78 Å². The molecular formula is C38H59F2N2O8-. The summed E-state index contributed by atoms with van der Waals surface area (Å²) in [4.78, 5) is 38.3. The molecule has 0 unspecified atom stereocenters. The Morgan fingerprint density at radius 3 is 2.10 bits per heavy atom. The second kappa shape index (κ2) is 23.4. The fraction of sp³-hybridized carbons (Fsp3) is 0.711. The molecule has 12 heteroatoms. The van der Waals surface area contributed by atoms with Crippen molar-refractivity contribution in [1.29, 1.82) is 0 Å². The second-order valence-electron chi connectivity index (χ2n) is 13.2. The Hall–Kier alpha value is -3.09. The zero-order chi connectivity index (χ0) is 36.8. The summed E-state index contributed by atoms with van der Waals surface area (Å²) in [5, 5.41) is 27.9. The highest BCUT2D eigenvalue weighted by atomic mass is 19.3. The smallest absolute Gasteiger partial charge is 0.242 e. The maximum atomic E-state index is 13.5. The number of hydrogen-bond acceptors (Lipinski definition) is 8. The SMILES string of the molecule is CCCCCCCC1(CCCCCC/C=C/[C@H](C(=O)N[C@@H](Cc2ccc(OCCCC)cc2)C(=O)NC)[C@@](O)(CC(F)F)C(=O)[O-])OCCO1. The Kier molecular flexibility index (Phi) is 20.2. The average Bonchev–Trinajstić information content (AvgIpc) is 3.55. The van der Waals surface area contributed by atoms with E-state index in [9.17, 15) is 33.4 Å². The highest BCUT2D eigenvalue weighted by Crippen LogP contribution is 2.32.